The van der Waals surface area contributed by atoms with Crippen LogP contribution in [0.1, 0.15) is 33.1 Å². The second-order valence-electron chi connectivity index (χ2n) is 2.48. The number of alkyl halides is 3. The van der Waals surface area contributed by atoms with Crippen LogP contribution < -0.4 is 0 Å². The Hall–Kier alpha value is -0.210. The molecule has 0 aliphatic rings. The van der Waals surface area contributed by atoms with Crippen LogP contribution in [0.5, 0.6) is 0 Å². The van der Waals surface area contributed by atoms with Gasteiger partial charge in [-0.05, 0) is 13.3 Å². The smallest absolute Gasteiger partial charge is 0.241 e. The fourth-order valence-electron chi connectivity index (χ4n) is 0.611. The third-order valence-electron chi connectivity index (χ3n) is 1.45. The van der Waals surface area contributed by atoms with Crippen LogP contribution in [0.25, 0.3) is 0 Å². The Bertz CT molecular complexity index is 88.9. The van der Waals surface area contributed by atoms with Crippen molar-refractivity contribution in [2.45, 2.75) is 45.2 Å². The van der Waals surface area contributed by atoms with Gasteiger partial charge in [0.25, 0.3) is 5.92 Å². The maximum Gasteiger partial charge on any atom is 0.278 e. The molecule has 0 aromatic heterocycles. The van der Waals surface area contributed by atoms with Crippen LogP contribution in [0.15, 0.2) is 0 Å². The minimum atomic E-state index is -3.12. The summed E-state index contributed by atoms with van der Waals surface area (Å²) in [6.45, 7) is 2.70. The molecule has 0 fully saturated rings. The van der Waals surface area contributed by atoms with Gasteiger partial charge in [-0.3, -0.25) is 0 Å². The molecular formula is C7H13F3. The van der Waals surface area contributed by atoms with E-state index in [1.807, 2.05) is 0 Å². The van der Waals surface area contributed by atoms with E-state index in [0.29, 0.717) is 12.8 Å². The van der Waals surface area contributed by atoms with Gasteiger partial charge in [0.15, 0.2) is 6.17 Å². The molecule has 0 saturated carbocycles. The van der Waals surface area contributed by atoms with Crippen molar-refractivity contribution < 1.29 is 13.2 Å². The van der Waals surface area contributed by atoms with Crippen LogP contribution in [-0.4, -0.2) is 12.1 Å². The molecule has 1 unspecified atom stereocenters. The van der Waals surface area contributed by atoms with E-state index in [-0.39, 0.29) is 6.42 Å². The monoisotopic (exact) mass is 154 g/mol. The van der Waals surface area contributed by atoms with Gasteiger partial charge in [-0.2, -0.15) is 0 Å². The van der Waals surface area contributed by atoms with Gasteiger partial charge in [-0.25, -0.2) is 13.2 Å². The molecule has 0 N–H and O–H groups in total. The Morgan fingerprint density at radius 1 is 1.40 bits per heavy atom. The first-order chi connectivity index (χ1) is 4.50. The first-order valence-electron chi connectivity index (χ1n) is 3.52. The lowest BCUT2D eigenvalue weighted by molar-refractivity contribution is -0.0724. The summed E-state index contributed by atoms with van der Waals surface area (Å²) in [6.07, 6.45) is -1.27. The summed E-state index contributed by atoms with van der Waals surface area (Å²) < 4.78 is 36.8. The van der Waals surface area contributed by atoms with Gasteiger partial charge in [0.05, 0.1) is 0 Å². The van der Waals surface area contributed by atoms with Gasteiger partial charge >= 0.3 is 0 Å². The van der Waals surface area contributed by atoms with E-state index in [0.717, 1.165) is 6.92 Å². The fraction of sp³-hybridized carbons (Fsp3) is 1.00. The summed E-state index contributed by atoms with van der Waals surface area (Å²) >= 11 is 0. The SMILES string of the molecule is CCCCC(F)(F)C(C)F. The van der Waals surface area contributed by atoms with E-state index in [1.165, 1.54) is 0 Å². The number of hydrogen-bond donors (Lipinski definition) is 0. The van der Waals surface area contributed by atoms with Gasteiger partial charge < -0.3 is 0 Å². The minimum Gasteiger partial charge on any atom is -0.241 e. The maximum absolute atomic E-state index is 12.4. The van der Waals surface area contributed by atoms with Gasteiger partial charge in [0.2, 0.25) is 0 Å². The zero-order valence-electron chi connectivity index (χ0n) is 6.33. The Kier molecular flexibility index (Phi) is 3.76. The lowest BCUT2D eigenvalue weighted by Gasteiger charge is -2.16. The Morgan fingerprint density at radius 2 is 1.90 bits per heavy atom. The van der Waals surface area contributed by atoms with Crippen molar-refractivity contribution in [1.29, 1.82) is 0 Å². The van der Waals surface area contributed by atoms with Crippen LogP contribution in [0, 0.1) is 0 Å². The van der Waals surface area contributed by atoms with Crippen molar-refractivity contribution >= 4 is 0 Å². The topological polar surface area (TPSA) is 0 Å². The van der Waals surface area contributed by atoms with Gasteiger partial charge in [-0.15, -0.1) is 0 Å². The van der Waals surface area contributed by atoms with Crippen molar-refractivity contribution in [3.8, 4) is 0 Å². The van der Waals surface area contributed by atoms with Crippen LogP contribution >= 0.6 is 0 Å². The number of halogens is 3. The summed E-state index contributed by atoms with van der Waals surface area (Å²) in [7, 11) is 0. The molecule has 0 aliphatic carbocycles. The van der Waals surface area contributed by atoms with Crippen LogP contribution in [0.4, 0.5) is 13.2 Å². The quantitative estimate of drug-likeness (QED) is 0.583. The molecule has 0 amide bonds. The fourth-order valence-corrected chi connectivity index (χ4v) is 0.611. The maximum atomic E-state index is 12.4. The standard InChI is InChI=1S/C7H13F3/c1-3-4-5-7(9,10)6(2)8/h6H,3-5H2,1-2H3. The average Bonchev–Trinajstić information content (AvgIpc) is 1.84. The molecule has 0 aromatic carbocycles. The van der Waals surface area contributed by atoms with E-state index in [9.17, 15) is 13.2 Å². The van der Waals surface area contributed by atoms with Gasteiger partial charge in [0.1, 0.15) is 0 Å². The molecule has 0 rings (SSSR count). The largest absolute Gasteiger partial charge is 0.278 e. The summed E-state index contributed by atoms with van der Waals surface area (Å²) in [5.74, 6) is -3.12. The van der Waals surface area contributed by atoms with E-state index < -0.39 is 12.1 Å². The summed E-state index contributed by atoms with van der Waals surface area (Å²) in [5.41, 5.74) is 0. The molecular weight excluding hydrogens is 141 g/mol. The molecule has 0 aliphatic heterocycles. The number of hydrogen-bond acceptors (Lipinski definition) is 0. The summed E-state index contributed by atoms with van der Waals surface area (Å²) in [6, 6.07) is 0. The number of rotatable bonds is 4. The highest BCUT2D eigenvalue weighted by atomic mass is 19.3. The number of unbranched alkanes of at least 4 members (excludes halogenated alkanes) is 1. The molecule has 0 saturated heterocycles. The van der Waals surface area contributed by atoms with Crippen molar-refractivity contribution in [1.82, 2.24) is 0 Å². The zero-order valence-corrected chi connectivity index (χ0v) is 6.33. The minimum absolute atomic E-state index is 0.332. The van der Waals surface area contributed by atoms with Crippen molar-refractivity contribution in [3.63, 3.8) is 0 Å². The second-order valence-corrected chi connectivity index (χ2v) is 2.48. The molecule has 10 heavy (non-hydrogen) atoms. The van der Waals surface area contributed by atoms with E-state index >= 15 is 0 Å². The molecule has 0 bridgehead atoms. The molecule has 1 atom stereocenters. The zero-order chi connectivity index (χ0) is 8.20. The second kappa shape index (κ2) is 3.84. The van der Waals surface area contributed by atoms with Crippen molar-refractivity contribution in [3.05, 3.63) is 0 Å². The third-order valence-corrected chi connectivity index (χ3v) is 1.45. The molecule has 0 radical (unpaired) electrons. The first-order valence-corrected chi connectivity index (χ1v) is 3.52. The first kappa shape index (κ1) is 9.79. The highest BCUT2D eigenvalue weighted by molar-refractivity contribution is 4.72. The van der Waals surface area contributed by atoms with E-state index in [2.05, 4.69) is 0 Å². The van der Waals surface area contributed by atoms with Gasteiger partial charge in [-0.1, -0.05) is 13.3 Å². The molecule has 62 valence electrons. The molecule has 0 aromatic rings. The lowest BCUT2D eigenvalue weighted by atomic mass is 10.1. The Labute approximate surface area is 59.4 Å². The summed E-state index contributed by atoms with van der Waals surface area (Å²) in [4.78, 5) is 0. The predicted molar refractivity (Wildman–Crippen MR) is 35.0 cm³/mol. The van der Waals surface area contributed by atoms with Gasteiger partial charge in [0, 0.05) is 6.42 Å². The van der Waals surface area contributed by atoms with Crippen molar-refractivity contribution in [2.75, 3.05) is 0 Å². The Morgan fingerprint density at radius 3 is 2.20 bits per heavy atom. The van der Waals surface area contributed by atoms with Crippen LogP contribution in [0.2, 0.25) is 0 Å². The molecule has 0 heterocycles. The normalized spacial score (nSPS) is 15.3. The Balaban J connectivity index is 3.63. The molecule has 0 nitrogen and oxygen atoms in total. The average molecular weight is 154 g/mol. The highest BCUT2D eigenvalue weighted by Gasteiger charge is 2.35. The lowest BCUT2D eigenvalue weighted by Crippen LogP contribution is -2.26. The molecule has 0 spiro atoms. The van der Waals surface area contributed by atoms with Crippen LogP contribution in [0.3, 0.4) is 0 Å². The highest BCUT2D eigenvalue weighted by Crippen LogP contribution is 2.27. The van der Waals surface area contributed by atoms with Crippen molar-refractivity contribution in [2.24, 2.45) is 0 Å². The summed E-state index contributed by atoms with van der Waals surface area (Å²) in [5, 5.41) is 0. The predicted octanol–water partition coefficient (Wildman–Crippen LogP) is 3.17. The third kappa shape index (κ3) is 3.08. The molecule has 3 heteroatoms. The van der Waals surface area contributed by atoms with E-state index in [1.54, 1.807) is 6.92 Å². The van der Waals surface area contributed by atoms with Crippen LogP contribution in [-0.2, 0) is 0 Å². The van der Waals surface area contributed by atoms with E-state index in [4.69, 9.17) is 0 Å².